The SMILES string of the molecule is C=C1CCC(P(=O)(O)CP(=O)(O)O)CC1. The summed E-state index contributed by atoms with van der Waals surface area (Å²) in [6.45, 7) is 3.78. The van der Waals surface area contributed by atoms with Gasteiger partial charge < -0.3 is 14.7 Å². The van der Waals surface area contributed by atoms with Crippen LogP contribution in [-0.4, -0.2) is 26.2 Å². The molecule has 5 nitrogen and oxygen atoms in total. The fourth-order valence-electron chi connectivity index (χ4n) is 1.79. The van der Waals surface area contributed by atoms with Crippen LogP contribution < -0.4 is 0 Å². The molecule has 0 amide bonds. The van der Waals surface area contributed by atoms with Crippen LogP contribution in [-0.2, 0) is 9.13 Å². The van der Waals surface area contributed by atoms with Crippen LogP contribution in [0.2, 0.25) is 0 Å². The Labute approximate surface area is 88.8 Å². The summed E-state index contributed by atoms with van der Waals surface area (Å²) in [5.41, 5.74) is 0.568. The molecule has 0 saturated heterocycles. The van der Waals surface area contributed by atoms with Crippen molar-refractivity contribution in [2.45, 2.75) is 31.3 Å². The highest BCUT2D eigenvalue weighted by Crippen LogP contribution is 2.60. The van der Waals surface area contributed by atoms with Gasteiger partial charge in [0, 0.05) is 5.66 Å². The molecule has 1 saturated carbocycles. The summed E-state index contributed by atoms with van der Waals surface area (Å²) in [4.78, 5) is 27.0. The van der Waals surface area contributed by atoms with E-state index in [0.717, 1.165) is 5.57 Å². The number of hydrogen-bond donors (Lipinski definition) is 3. The van der Waals surface area contributed by atoms with Crippen LogP contribution in [0.4, 0.5) is 0 Å². The summed E-state index contributed by atoms with van der Waals surface area (Å²) >= 11 is 0. The maximum Gasteiger partial charge on any atom is 0.335 e. The fourth-order valence-corrected chi connectivity index (χ4v) is 5.89. The lowest BCUT2D eigenvalue weighted by Crippen LogP contribution is -2.15. The minimum Gasteiger partial charge on any atom is -0.344 e. The van der Waals surface area contributed by atoms with Gasteiger partial charge in [0.1, 0.15) is 5.90 Å². The molecule has 15 heavy (non-hydrogen) atoms. The van der Waals surface area contributed by atoms with Gasteiger partial charge in [0.15, 0.2) is 0 Å². The third-order valence-electron chi connectivity index (χ3n) is 2.62. The molecule has 88 valence electrons. The molecule has 0 bridgehead atoms. The van der Waals surface area contributed by atoms with Crippen molar-refractivity contribution in [3.8, 4) is 0 Å². The molecule has 0 aromatic rings. The van der Waals surface area contributed by atoms with Crippen molar-refractivity contribution in [2.24, 2.45) is 0 Å². The predicted octanol–water partition coefficient (Wildman–Crippen LogP) is 1.89. The summed E-state index contributed by atoms with van der Waals surface area (Å²) in [5.74, 6) is -0.892. The largest absolute Gasteiger partial charge is 0.344 e. The van der Waals surface area contributed by atoms with E-state index in [4.69, 9.17) is 9.79 Å². The zero-order valence-corrected chi connectivity index (χ0v) is 10.2. The van der Waals surface area contributed by atoms with Crippen LogP contribution in [0.25, 0.3) is 0 Å². The lowest BCUT2D eigenvalue weighted by Gasteiger charge is -2.27. The summed E-state index contributed by atoms with van der Waals surface area (Å²) < 4.78 is 22.4. The van der Waals surface area contributed by atoms with Crippen molar-refractivity contribution in [3.05, 3.63) is 12.2 Å². The first-order chi connectivity index (χ1) is 6.71. The Hall–Kier alpha value is 0.0800. The molecule has 0 radical (unpaired) electrons. The fraction of sp³-hybridized carbons (Fsp3) is 0.750. The Kier molecular flexibility index (Phi) is 3.96. The van der Waals surface area contributed by atoms with Crippen LogP contribution >= 0.6 is 15.0 Å². The molecule has 0 heterocycles. The molecule has 1 rings (SSSR count). The highest BCUT2D eigenvalue weighted by atomic mass is 31.2. The topological polar surface area (TPSA) is 94.8 Å². The van der Waals surface area contributed by atoms with Gasteiger partial charge in [0.05, 0.1) is 0 Å². The van der Waals surface area contributed by atoms with E-state index in [1.807, 2.05) is 0 Å². The highest BCUT2D eigenvalue weighted by Gasteiger charge is 2.38. The van der Waals surface area contributed by atoms with Crippen molar-refractivity contribution >= 4 is 15.0 Å². The summed E-state index contributed by atoms with van der Waals surface area (Å²) in [6, 6.07) is 0. The van der Waals surface area contributed by atoms with Crippen LogP contribution in [0.5, 0.6) is 0 Å². The Morgan fingerprint density at radius 1 is 1.20 bits per heavy atom. The van der Waals surface area contributed by atoms with Gasteiger partial charge in [-0.2, -0.15) is 0 Å². The third-order valence-corrected chi connectivity index (χ3v) is 7.37. The monoisotopic (exact) mass is 254 g/mol. The minimum absolute atomic E-state index is 0.476. The van der Waals surface area contributed by atoms with Gasteiger partial charge in [-0.25, -0.2) is 0 Å². The maximum absolute atomic E-state index is 11.7. The van der Waals surface area contributed by atoms with Gasteiger partial charge >= 0.3 is 7.60 Å². The minimum atomic E-state index is -4.40. The predicted molar refractivity (Wildman–Crippen MR) is 58.1 cm³/mol. The van der Waals surface area contributed by atoms with E-state index in [1.165, 1.54) is 0 Å². The zero-order valence-electron chi connectivity index (χ0n) is 8.37. The van der Waals surface area contributed by atoms with E-state index in [0.29, 0.717) is 25.7 Å². The molecule has 7 heteroatoms. The number of rotatable bonds is 3. The molecule has 0 aromatic carbocycles. The van der Waals surface area contributed by atoms with Crippen molar-refractivity contribution in [1.82, 2.24) is 0 Å². The Balaban J connectivity index is 2.66. The van der Waals surface area contributed by atoms with Crippen LogP contribution in [0.1, 0.15) is 25.7 Å². The van der Waals surface area contributed by atoms with Gasteiger partial charge in [-0.15, -0.1) is 0 Å². The average Bonchev–Trinajstić information content (AvgIpc) is 2.00. The molecule has 0 aromatic heterocycles. The van der Waals surface area contributed by atoms with Gasteiger partial charge in [-0.05, 0) is 25.7 Å². The number of allylic oxidation sites excluding steroid dienone is 1. The van der Waals surface area contributed by atoms with E-state index in [2.05, 4.69) is 6.58 Å². The lowest BCUT2D eigenvalue weighted by molar-refractivity contribution is 0.374. The molecule has 1 unspecified atom stereocenters. The molecule has 0 aliphatic heterocycles. The van der Waals surface area contributed by atoms with E-state index in [9.17, 15) is 14.0 Å². The van der Waals surface area contributed by atoms with Crippen molar-refractivity contribution in [1.29, 1.82) is 0 Å². The summed E-state index contributed by atoms with van der Waals surface area (Å²) in [7, 11) is -8.12. The normalized spacial score (nSPS) is 23.8. The molecule has 1 aliphatic carbocycles. The van der Waals surface area contributed by atoms with E-state index in [-0.39, 0.29) is 0 Å². The highest BCUT2D eigenvalue weighted by molar-refractivity contribution is 7.73. The standard InChI is InChI=1S/C8H16O5P2/c1-7-2-4-8(5-3-7)14(9,10)6-15(11,12)13/h8H,1-6H2,(H,9,10)(H2,11,12,13). The summed E-state index contributed by atoms with van der Waals surface area (Å²) in [6.07, 6.45) is 2.37. The van der Waals surface area contributed by atoms with E-state index in [1.54, 1.807) is 0 Å². The van der Waals surface area contributed by atoms with Gasteiger partial charge in [0.2, 0.25) is 7.37 Å². The van der Waals surface area contributed by atoms with Crippen LogP contribution in [0, 0.1) is 0 Å². The third kappa shape index (κ3) is 4.21. The number of hydrogen-bond acceptors (Lipinski definition) is 2. The van der Waals surface area contributed by atoms with Gasteiger partial charge in [-0.3, -0.25) is 9.13 Å². The van der Waals surface area contributed by atoms with Crippen molar-refractivity contribution in [2.75, 3.05) is 5.90 Å². The Morgan fingerprint density at radius 3 is 2.07 bits per heavy atom. The van der Waals surface area contributed by atoms with Crippen molar-refractivity contribution in [3.63, 3.8) is 0 Å². The second kappa shape index (κ2) is 4.52. The van der Waals surface area contributed by atoms with E-state index >= 15 is 0 Å². The molecule has 0 spiro atoms. The van der Waals surface area contributed by atoms with Crippen LogP contribution in [0.15, 0.2) is 12.2 Å². The van der Waals surface area contributed by atoms with Crippen molar-refractivity contribution < 1.29 is 23.8 Å². The van der Waals surface area contributed by atoms with Gasteiger partial charge in [0.25, 0.3) is 0 Å². The zero-order chi connectivity index (χ0) is 11.7. The lowest BCUT2D eigenvalue weighted by atomic mass is 9.96. The maximum atomic E-state index is 11.7. The molecule has 1 fully saturated rings. The second-order valence-electron chi connectivity index (χ2n) is 4.04. The molecular formula is C8H16O5P2. The molecule has 3 N–H and O–H groups in total. The molecule has 1 aliphatic rings. The van der Waals surface area contributed by atoms with E-state index < -0.39 is 26.5 Å². The molecule has 1 atom stereocenters. The smallest absolute Gasteiger partial charge is 0.335 e. The van der Waals surface area contributed by atoms with Gasteiger partial charge in [-0.1, -0.05) is 12.2 Å². The first kappa shape index (κ1) is 13.1. The Bertz CT molecular complexity index is 335. The summed E-state index contributed by atoms with van der Waals surface area (Å²) in [5, 5.41) is 0. The van der Waals surface area contributed by atoms with Crippen LogP contribution in [0.3, 0.4) is 0 Å². The first-order valence-electron chi connectivity index (χ1n) is 4.73. The quantitative estimate of drug-likeness (QED) is 0.528. The first-order valence-corrected chi connectivity index (χ1v) is 8.44. The second-order valence-corrected chi connectivity index (χ2v) is 8.75. The Morgan fingerprint density at radius 2 is 1.67 bits per heavy atom. The average molecular weight is 254 g/mol. The molecular weight excluding hydrogens is 238 g/mol.